The predicted octanol–water partition coefficient (Wildman–Crippen LogP) is 1.63. The summed E-state index contributed by atoms with van der Waals surface area (Å²) in [5.74, 6) is 0.121. The number of nitrogens with zero attached hydrogens (tertiary/aromatic N) is 1. The first-order valence-corrected chi connectivity index (χ1v) is 8.26. The van der Waals surface area contributed by atoms with Gasteiger partial charge in [0.25, 0.3) is 5.91 Å². The number of methoxy groups -OCH3 is 1. The van der Waals surface area contributed by atoms with E-state index >= 15 is 0 Å². The molecule has 1 N–H and O–H groups in total. The van der Waals surface area contributed by atoms with Gasteiger partial charge in [-0.25, -0.2) is 0 Å². The molecule has 0 aromatic heterocycles. The minimum Gasteiger partial charge on any atom is -0.493 e. The standard InChI is InChI=1S/C16H21BrN2O5/c1-4-18-15(21)8-19(5-2)16(22)10-24-14-6-11(9-20)12(17)7-13(14)23-3/h6-7,9H,4-5,8,10H2,1-3H3,(H,18,21). The van der Waals surface area contributed by atoms with Crippen molar-refractivity contribution in [1.82, 2.24) is 10.2 Å². The van der Waals surface area contributed by atoms with Crippen LogP contribution in [0.2, 0.25) is 0 Å². The molecule has 0 bridgehead atoms. The minimum atomic E-state index is -0.332. The molecule has 0 spiro atoms. The van der Waals surface area contributed by atoms with Gasteiger partial charge in [0.05, 0.1) is 13.7 Å². The predicted molar refractivity (Wildman–Crippen MR) is 92.5 cm³/mol. The van der Waals surface area contributed by atoms with Crippen LogP contribution in [0.15, 0.2) is 16.6 Å². The summed E-state index contributed by atoms with van der Waals surface area (Å²) < 4.78 is 11.2. The Morgan fingerprint density at radius 2 is 2.00 bits per heavy atom. The highest BCUT2D eigenvalue weighted by Gasteiger charge is 2.17. The number of amides is 2. The molecular formula is C16H21BrN2O5. The van der Waals surface area contributed by atoms with Crippen LogP contribution < -0.4 is 14.8 Å². The Morgan fingerprint density at radius 3 is 2.54 bits per heavy atom. The Bertz CT molecular complexity index is 606. The van der Waals surface area contributed by atoms with Crippen LogP contribution in [-0.4, -0.2) is 56.4 Å². The van der Waals surface area contributed by atoms with E-state index in [0.717, 1.165) is 0 Å². The van der Waals surface area contributed by atoms with E-state index in [9.17, 15) is 14.4 Å². The third-order valence-corrected chi connectivity index (χ3v) is 3.89. The number of carbonyl (C=O) groups is 3. The number of aldehydes is 1. The van der Waals surface area contributed by atoms with Crippen molar-refractivity contribution in [3.8, 4) is 11.5 Å². The number of rotatable bonds is 9. The molecule has 1 rings (SSSR count). The Labute approximate surface area is 149 Å². The van der Waals surface area contributed by atoms with Crippen LogP contribution in [0.4, 0.5) is 0 Å². The topological polar surface area (TPSA) is 84.9 Å². The summed E-state index contributed by atoms with van der Waals surface area (Å²) in [6, 6.07) is 3.08. The van der Waals surface area contributed by atoms with E-state index in [-0.39, 0.29) is 30.7 Å². The Hall–Kier alpha value is -2.09. The summed E-state index contributed by atoms with van der Waals surface area (Å²) >= 11 is 3.25. The molecule has 0 unspecified atom stereocenters. The highest BCUT2D eigenvalue weighted by atomic mass is 79.9. The molecule has 0 atom stereocenters. The molecule has 24 heavy (non-hydrogen) atoms. The second kappa shape index (κ2) is 9.92. The van der Waals surface area contributed by atoms with Crippen LogP contribution in [-0.2, 0) is 9.59 Å². The maximum atomic E-state index is 12.2. The average Bonchev–Trinajstić information content (AvgIpc) is 2.58. The Kier molecular flexibility index (Phi) is 8.25. The lowest BCUT2D eigenvalue weighted by Gasteiger charge is -2.20. The lowest BCUT2D eigenvalue weighted by Crippen LogP contribution is -2.42. The van der Waals surface area contributed by atoms with Crippen molar-refractivity contribution in [2.75, 3.05) is 33.4 Å². The van der Waals surface area contributed by atoms with Gasteiger partial charge in [-0.3, -0.25) is 14.4 Å². The zero-order valence-corrected chi connectivity index (χ0v) is 15.5. The van der Waals surface area contributed by atoms with Crippen LogP contribution in [0.5, 0.6) is 11.5 Å². The highest BCUT2D eigenvalue weighted by Crippen LogP contribution is 2.32. The monoisotopic (exact) mass is 400 g/mol. The first kappa shape index (κ1) is 20.0. The normalized spacial score (nSPS) is 10.0. The van der Waals surface area contributed by atoms with Gasteiger partial charge >= 0.3 is 0 Å². The third-order valence-electron chi connectivity index (χ3n) is 3.20. The van der Waals surface area contributed by atoms with Gasteiger partial charge in [0.1, 0.15) is 0 Å². The number of halogens is 1. The first-order valence-electron chi connectivity index (χ1n) is 7.46. The average molecular weight is 401 g/mol. The van der Waals surface area contributed by atoms with Gasteiger partial charge in [0.15, 0.2) is 24.4 Å². The molecule has 0 saturated carbocycles. The zero-order chi connectivity index (χ0) is 18.1. The maximum absolute atomic E-state index is 12.2. The maximum Gasteiger partial charge on any atom is 0.260 e. The van der Waals surface area contributed by atoms with Crippen molar-refractivity contribution < 1.29 is 23.9 Å². The molecule has 1 aromatic rings. The molecule has 0 fully saturated rings. The smallest absolute Gasteiger partial charge is 0.260 e. The number of likely N-dealkylation sites (N-methyl/N-ethyl adjacent to an activating group) is 2. The van der Waals surface area contributed by atoms with Crippen LogP contribution >= 0.6 is 15.9 Å². The number of carbonyl (C=O) groups excluding carboxylic acids is 3. The number of nitrogens with one attached hydrogen (secondary N) is 1. The number of hydrogen-bond acceptors (Lipinski definition) is 5. The van der Waals surface area contributed by atoms with Gasteiger partial charge in [0.2, 0.25) is 5.91 Å². The molecule has 0 aliphatic heterocycles. The number of benzene rings is 1. The number of hydrogen-bond donors (Lipinski definition) is 1. The van der Waals surface area contributed by atoms with Crippen LogP contribution in [0.3, 0.4) is 0 Å². The quantitative estimate of drug-likeness (QED) is 0.636. The van der Waals surface area contributed by atoms with Gasteiger partial charge < -0.3 is 19.7 Å². The highest BCUT2D eigenvalue weighted by molar-refractivity contribution is 9.10. The van der Waals surface area contributed by atoms with Crippen molar-refractivity contribution in [3.63, 3.8) is 0 Å². The molecule has 0 aliphatic rings. The van der Waals surface area contributed by atoms with E-state index in [1.165, 1.54) is 18.1 Å². The Balaban J connectivity index is 2.78. The second-order valence-electron chi connectivity index (χ2n) is 4.79. The van der Waals surface area contributed by atoms with E-state index in [4.69, 9.17) is 9.47 Å². The van der Waals surface area contributed by atoms with Gasteiger partial charge in [-0.2, -0.15) is 0 Å². The summed E-state index contributed by atoms with van der Waals surface area (Å²) in [7, 11) is 1.46. The molecule has 8 heteroatoms. The summed E-state index contributed by atoms with van der Waals surface area (Å²) in [5.41, 5.74) is 0.382. The van der Waals surface area contributed by atoms with Gasteiger partial charge in [-0.05, 0) is 41.9 Å². The molecule has 132 valence electrons. The molecular weight excluding hydrogens is 380 g/mol. The van der Waals surface area contributed by atoms with Gasteiger partial charge in [0, 0.05) is 23.1 Å². The lowest BCUT2D eigenvalue weighted by molar-refractivity contribution is -0.137. The zero-order valence-electron chi connectivity index (χ0n) is 13.9. The van der Waals surface area contributed by atoms with Gasteiger partial charge in [-0.15, -0.1) is 0 Å². The first-order chi connectivity index (χ1) is 11.5. The SMILES string of the molecule is CCNC(=O)CN(CC)C(=O)COc1cc(C=O)c(Br)cc1OC. The molecule has 0 heterocycles. The van der Waals surface area contributed by atoms with Crippen LogP contribution in [0.1, 0.15) is 24.2 Å². The fraction of sp³-hybridized carbons (Fsp3) is 0.438. The molecule has 0 aliphatic carbocycles. The molecule has 0 radical (unpaired) electrons. The van der Waals surface area contributed by atoms with E-state index in [1.807, 2.05) is 6.92 Å². The Morgan fingerprint density at radius 1 is 1.29 bits per heavy atom. The second-order valence-corrected chi connectivity index (χ2v) is 5.65. The summed E-state index contributed by atoms with van der Waals surface area (Å²) in [4.78, 5) is 36.2. The fourth-order valence-corrected chi connectivity index (χ4v) is 2.36. The van der Waals surface area contributed by atoms with E-state index < -0.39 is 0 Å². The summed E-state index contributed by atoms with van der Waals surface area (Å²) in [6.45, 7) is 4.19. The van der Waals surface area contributed by atoms with E-state index in [1.54, 1.807) is 13.0 Å². The number of ether oxygens (including phenoxy) is 2. The van der Waals surface area contributed by atoms with Crippen molar-refractivity contribution in [3.05, 3.63) is 22.2 Å². The van der Waals surface area contributed by atoms with Crippen molar-refractivity contribution in [2.45, 2.75) is 13.8 Å². The summed E-state index contributed by atoms with van der Waals surface area (Å²) in [6.07, 6.45) is 0.672. The van der Waals surface area contributed by atoms with Crippen molar-refractivity contribution >= 4 is 34.0 Å². The molecule has 7 nitrogen and oxygen atoms in total. The van der Waals surface area contributed by atoms with Crippen molar-refractivity contribution in [2.24, 2.45) is 0 Å². The molecule has 0 saturated heterocycles. The van der Waals surface area contributed by atoms with E-state index in [2.05, 4.69) is 21.2 Å². The van der Waals surface area contributed by atoms with Gasteiger partial charge in [-0.1, -0.05) is 0 Å². The van der Waals surface area contributed by atoms with Crippen LogP contribution in [0.25, 0.3) is 0 Å². The summed E-state index contributed by atoms with van der Waals surface area (Å²) in [5, 5.41) is 2.64. The largest absolute Gasteiger partial charge is 0.493 e. The minimum absolute atomic E-state index is 0.0242. The van der Waals surface area contributed by atoms with Crippen molar-refractivity contribution in [1.29, 1.82) is 0 Å². The lowest BCUT2D eigenvalue weighted by atomic mass is 10.2. The van der Waals surface area contributed by atoms with E-state index in [0.29, 0.717) is 35.2 Å². The molecule has 2 amide bonds. The van der Waals surface area contributed by atoms with Crippen LogP contribution in [0, 0.1) is 0 Å². The fourth-order valence-electron chi connectivity index (χ4n) is 1.95. The molecule has 1 aromatic carbocycles. The third kappa shape index (κ3) is 5.52.